The van der Waals surface area contributed by atoms with Crippen LogP contribution in [0, 0.1) is 0 Å². The zero-order valence-corrected chi connectivity index (χ0v) is 34.6. The Labute approximate surface area is 313 Å². The van der Waals surface area contributed by atoms with Crippen molar-refractivity contribution in [2.45, 2.75) is 213 Å². The number of hydrogen-bond acceptors (Lipinski definition) is 7. The highest BCUT2D eigenvalue weighted by atomic mass is 31.2. The maximum absolute atomic E-state index is 12.0. The SMILES string of the molecule is CCCCCCCCCOC(=O)CCCCCCCN(CCO)CCCCCCCOP(OCCCCCCCC)OCCCCCCCC. The molecule has 0 spiro atoms. The molecule has 0 aliphatic carbocycles. The van der Waals surface area contributed by atoms with Gasteiger partial charge in [0.15, 0.2) is 0 Å². The summed E-state index contributed by atoms with van der Waals surface area (Å²) in [6.45, 7) is 12.7. The van der Waals surface area contributed by atoms with Gasteiger partial charge < -0.3 is 28.3 Å². The first-order valence-electron chi connectivity index (χ1n) is 21.9. The molecule has 0 amide bonds. The van der Waals surface area contributed by atoms with E-state index in [1.807, 2.05) is 0 Å². The van der Waals surface area contributed by atoms with Gasteiger partial charge in [0.05, 0.1) is 33.0 Å². The fourth-order valence-corrected chi connectivity index (χ4v) is 7.25. The van der Waals surface area contributed by atoms with Crippen molar-refractivity contribution in [2.24, 2.45) is 0 Å². The Balaban J connectivity index is 3.90. The lowest BCUT2D eigenvalue weighted by molar-refractivity contribution is -0.143. The number of esters is 1. The summed E-state index contributed by atoms with van der Waals surface area (Å²) in [4.78, 5) is 14.4. The maximum Gasteiger partial charge on any atom is 0.332 e. The third-order valence-corrected chi connectivity index (χ3v) is 10.7. The van der Waals surface area contributed by atoms with Crippen LogP contribution in [0.15, 0.2) is 0 Å². The summed E-state index contributed by atoms with van der Waals surface area (Å²) in [5, 5.41) is 9.55. The second-order valence-corrected chi connectivity index (χ2v) is 15.7. The topological polar surface area (TPSA) is 77.5 Å². The van der Waals surface area contributed by atoms with Gasteiger partial charge in [-0.05, 0) is 58.0 Å². The molecule has 0 atom stereocenters. The average molecular weight is 732 g/mol. The van der Waals surface area contributed by atoms with Crippen LogP contribution in [0.3, 0.4) is 0 Å². The fourth-order valence-electron chi connectivity index (χ4n) is 6.19. The molecule has 50 heavy (non-hydrogen) atoms. The highest BCUT2D eigenvalue weighted by Crippen LogP contribution is 2.40. The van der Waals surface area contributed by atoms with Gasteiger partial charge in [0.25, 0.3) is 0 Å². The van der Waals surface area contributed by atoms with Crippen molar-refractivity contribution in [3.8, 4) is 0 Å². The molecular formula is C42H86NO6P. The Kier molecular flexibility index (Phi) is 42.8. The molecule has 0 unspecified atom stereocenters. The number of carbonyl (C=O) groups is 1. The van der Waals surface area contributed by atoms with Gasteiger partial charge in [0, 0.05) is 13.0 Å². The first-order chi connectivity index (χ1) is 24.7. The maximum atomic E-state index is 12.0. The lowest BCUT2D eigenvalue weighted by Gasteiger charge is -2.21. The molecule has 0 aromatic heterocycles. The monoisotopic (exact) mass is 732 g/mol. The van der Waals surface area contributed by atoms with Crippen molar-refractivity contribution in [1.29, 1.82) is 0 Å². The van der Waals surface area contributed by atoms with Gasteiger partial charge >= 0.3 is 14.6 Å². The van der Waals surface area contributed by atoms with Crippen molar-refractivity contribution in [1.82, 2.24) is 4.90 Å². The minimum Gasteiger partial charge on any atom is -0.466 e. The molecule has 1 N–H and O–H groups in total. The molecule has 0 fully saturated rings. The summed E-state index contributed by atoms with van der Waals surface area (Å²) < 4.78 is 23.6. The van der Waals surface area contributed by atoms with Crippen LogP contribution < -0.4 is 0 Å². The molecule has 0 saturated carbocycles. The minimum absolute atomic E-state index is 0.0247. The summed E-state index contributed by atoms with van der Waals surface area (Å²) in [6.07, 6.45) is 35.8. The van der Waals surface area contributed by atoms with Crippen LogP contribution in [-0.2, 0) is 23.1 Å². The van der Waals surface area contributed by atoms with Crippen molar-refractivity contribution in [2.75, 3.05) is 52.7 Å². The zero-order valence-electron chi connectivity index (χ0n) is 33.8. The normalized spacial score (nSPS) is 11.7. The predicted molar refractivity (Wildman–Crippen MR) is 215 cm³/mol. The first-order valence-corrected chi connectivity index (χ1v) is 22.9. The Morgan fingerprint density at radius 3 is 1.18 bits per heavy atom. The van der Waals surface area contributed by atoms with E-state index in [9.17, 15) is 9.90 Å². The third-order valence-electron chi connectivity index (χ3n) is 9.49. The number of aliphatic hydroxyl groups excluding tert-OH is 1. The molecule has 0 radical (unpaired) electrons. The predicted octanol–water partition coefficient (Wildman–Crippen LogP) is 12.9. The molecule has 0 aliphatic heterocycles. The van der Waals surface area contributed by atoms with Crippen LogP contribution >= 0.6 is 8.60 Å². The standard InChI is InChI=1S/C42H86NO6P/c1-4-7-10-13-16-22-29-38-46-42(45)33-26-19-17-20-27-34-43(36-37-44)35-28-21-18-25-32-41-49-50(47-39-30-23-14-11-8-5-2)48-40-31-24-15-12-9-6-3/h44H,4-41H2,1-3H3. The molecule has 0 heterocycles. The molecule has 0 saturated heterocycles. The lowest BCUT2D eigenvalue weighted by atomic mass is 10.1. The number of rotatable bonds is 43. The van der Waals surface area contributed by atoms with Crippen LogP contribution in [-0.4, -0.2) is 68.6 Å². The highest BCUT2D eigenvalue weighted by Gasteiger charge is 2.12. The number of aliphatic hydroxyl groups is 1. The Bertz CT molecular complexity index is 640. The van der Waals surface area contributed by atoms with Gasteiger partial charge in [-0.15, -0.1) is 0 Å². The number of unbranched alkanes of at least 4 members (excludes halogenated alkanes) is 24. The number of nitrogens with zero attached hydrogens (tertiary/aromatic N) is 1. The Hall–Kier alpha value is -0.300. The van der Waals surface area contributed by atoms with E-state index in [1.54, 1.807) is 0 Å². The minimum atomic E-state index is -1.23. The molecular weight excluding hydrogens is 645 g/mol. The van der Waals surface area contributed by atoms with E-state index >= 15 is 0 Å². The number of hydrogen-bond donors (Lipinski definition) is 1. The van der Waals surface area contributed by atoms with E-state index in [0.29, 0.717) is 13.0 Å². The van der Waals surface area contributed by atoms with Crippen molar-refractivity contribution >= 4 is 14.6 Å². The zero-order chi connectivity index (χ0) is 36.4. The van der Waals surface area contributed by atoms with Crippen molar-refractivity contribution in [3.05, 3.63) is 0 Å². The smallest absolute Gasteiger partial charge is 0.332 e. The van der Waals surface area contributed by atoms with Crippen molar-refractivity contribution in [3.63, 3.8) is 0 Å². The third kappa shape index (κ3) is 38.9. The largest absolute Gasteiger partial charge is 0.466 e. The first kappa shape index (κ1) is 49.7. The van der Waals surface area contributed by atoms with E-state index in [-0.39, 0.29) is 12.6 Å². The molecule has 0 rings (SSSR count). The van der Waals surface area contributed by atoms with E-state index in [1.165, 1.54) is 135 Å². The summed E-state index contributed by atoms with van der Waals surface area (Å²) in [5.74, 6) is -0.0247. The molecule has 300 valence electrons. The highest BCUT2D eigenvalue weighted by molar-refractivity contribution is 7.41. The van der Waals surface area contributed by atoms with Crippen LogP contribution in [0.1, 0.15) is 213 Å². The van der Waals surface area contributed by atoms with Gasteiger partial charge in [-0.2, -0.15) is 0 Å². The quantitative estimate of drug-likeness (QED) is 0.0380. The molecule has 0 aromatic rings. The Morgan fingerprint density at radius 2 is 0.780 bits per heavy atom. The van der Waals surface area contributed by atoms with E-state index in [0.717, 1.165) is 90.8 Å². The molecule has 8 heteroatoms. The van der Waals surface area contributed by atoms with Crippen LogP contribution in [0.2, 0.25) is 0 Å². The van der Waals surface area contributed by atoms with E-state index in [2.05, 4.69) is 25.7 Å². The van der Waals surface area contributed by atoms with Gasteiger partial charge in [-0.1, -0.05) is 162 Å². The number of carbonyl (C=O) groups excluding carboxylic acids is 1. The average Bonchev–Trinajstić information content (AvgIpc) is 3.12. The summed E-state index contributed by atoms with van der Waals surface area (Å²) in [6, 6.07) is 0. The lowest BCUT2D eigenvalue weighted by Crippen LogP contribution is -2.29. The van der Waals surface area contributed by atoms with E-state index in [4.69, 9.17) is 18.3 Å². The summed E-state index contributed by atoms with van der Waals surface area (Å²) >= 11 is 0. The van der Waals surface area contributed by atoms with Gasteiger partial charge in [0.2, 0.25) is 0 Å². The fraction of sp³-hybridized carbons (Fsp3) is 0.976. The van der Waals surface area contributed by atoms with Crippen LogP contribution in [0.4, 0.5) is 0 Å². The summed E-state index contributed by atoms with van der Waals surface area (Å²) in [7, 11) is -1.23. The van der Waals surface area contributed by atoms with Gasteiger partial charge in [-0.3, -0.25) is 4.79 Å². The van der Waals surface area contributed by atoms with Gasteiger partial charge in [-0.25, -0.2) is 0 Å². The second kappa shape index (κ2) is 43.1. The van der Waals surface area contributed by atoms with Crippen LogP contribution in [0.25, 0.3) is 0 Å². The van der Waals surface area contributed by atoms with Crippen molar-refractivity contribution < 1.29 is 28.2 Å². The molecule has 0 bridgehead atoms. The summed E-state index contributed by atoms with van der Waals surface area (Å²) in [5.41, 5.74) is 0. The molecule has 7 nitrogen and oxygen atoms in total. The Morgan fingerprint density at radius 1 is 0.440 bits per heavy atom. The molecule has 0 aromatic carbocycles. The van der Waals surface area contributed by atoms with E-state index < -0.39 is 8.60 Å². The van der Waals surface area contributed by atoms with Crippen LogP contribution in [0.5, 0.6) is 0 Å². The van der Waals surface area contributed by atoms with Gasteiger partial charge in [0.1, 0.15) is 0 Å². The number of ether oxygens (including phenoxy) is 1. The second-order valence-electron chi connectivity index (χ2n) is 14.5. The molecule has 0 aliphatic rings.